The summed E-state index contributed by atoms with van der Waals surface area (Å²) in [5.74, 6) is 1.49. The summed E-state index contributed by atoms with van der Waals surface area (Å²) in [6.45, 7) is 5.38. The van der Waals surface area contributed by atoms with Crippen LogP contribution in [0.2, 0.25) is 5.02 Å². The molecule has 4 heteroatoms. The van der Waals surface area contributed by atoms with Gasteiger partial charge in [-0.1, -0.05) is 17.7 Å². The Morgan fingerprint density at radius 3 is 2.78 bits per heavy atom. The van der Waals surface area contributed by atoms with Gasteiger partial charge in [-0.15, -0.1) is 18.3 Å². The summed E-state index contributed by atoms with van der Waals surface area (Å²) in [6.07, 6.45) is 2.50. The topological polar surface area (TPSA) is 20.3 Å². The van der Waals surface area contributed by atoms with Crippen molar-refractivity contribution in [3.05, 3.63) is 41.9 Å². The van der Waals surface area contributed by atoms with Crippen molar-refractivity contribution in [1.29, 1.82) is 0 Å². The molecular formula is C14H16ClNOS. The van der Waals surface area contributed by atoms with Crippen molar-refractivity contribution in [2.45, 2.75) is 11.3 Å². The first-order chi connectivity index (χ1) is 8.69. The van der Waals surface area contributed by atoms with Crippen molar-refractivity contribution < 1.29 is 4.79 Å². The Bertz CT molecular complexity index is 432. The molecule has 1 atom stereocenters. The lowest BCUT2D eigenvalue weighted by atomic mass is 10.1. The van der Waals surface area contributed by atoms with E-state index in [0.717, 1.165) is 23.9 Å². The molecule has 96 valence electrons. The van der Waals surface area contributed by atoms with Crippen LogP contribution in [0.3, 0.4) is 0 Å². The number of amides is 1. The Hall–Kier alpha value is -0.930. The minimum absolute atomic E-state index is 0.247. The average Bonchev–Trinajstić information content (AvgIpc) is 2.73. The summed E-state index contributed by atoms with van der Waals surface area (Å²) in [5.41, 5.74) is 0. The lowest BCUT2D eigenvalue weighted by Gasteiger charge is -2.15. The molecule has 1 saturated heterocycles. The van der Waals surface area contributed by atoms with E-state index >= 15 is 0 Å². The van der Waals surface area contributed by atoms with Crippen molar-refractivity contribution in [3.63, 3.8) is 0 Å². The SMILES string of the molecule is C=CC1CC(=O)N(CCSc2ccc(Cl)cc2)C1. The van der Waals surface area contributed by atoms with E-state index in [1.807, 2.05) is 35.2 Å². The molecule has 0 aromatic heterocycles. The zero-order valence-electron chi connectivity index (χ0n) is 10.1. The fourth-order valence-corrected chi connectivity index (χ4v) is 2.98. The summed E-state index contributed by atoms with van der Waals surface area (Å²) < 4.78 is 0. The first-order valence-corrected chi connectivity index (χ1v) is 7.34. The monoisotopic (exact) mass is 281 g/mol. The van der Waals surface area contributed by atoms with Gasteiger partial charge < -0.3 is 4.90 Å². The lowest BCUT2D eigenvalue weighted by Crippen LogP contribution is -2.27. The van der Waals surface area contributed by atoms with E-state index in [4.69, 9.17) is 11.6 Å². The Morgan fingerprint density at radius 1 is 1.44 bits per heavy atom. The number of rotatable bonds is 5. The van der Waals surface area contributed by atoms with Crippen molar-refractivity contribution >= 4 is 29.3 Å². The highest BCUT2D eigenvalue weighted by atomic mass is 35.5. The molecule has 1 aromatic rings. The van der Waals surface area contributed by atoms with Crippen LogP contribution in [-0.4, -0.2) is 29.6 Å². The van der Waals surface area contributed by atoms with Gasteiger partial charge in [0.2, 0.25) is 5.91 Å². The maximum Gasteiger partial charge on any atom is 0.223 e. The fraction of sp³-hybridized carbons (Fsp3) is 0.357. The predicted molar refractivity (Wildman–Crippen MR) is 77.1 cm³/mol. The van der Waals surface area contributed by atoms with Crippen molar-refractivity contribution in [3.8, 4) is 0 Å². The Balaban J connectivity index is 1.77. The van der Waals surface area contributed by atoms with Gasteiger partial charge in [0.25, 0.3) is 0 Å². The predicted octanol–water partition coefficient (Wildman–Crippen LogP) is 3.47. The van der Waals surface area contributed by atoms with E-state index in [1.165, 1.54) is 4.90 Å². The summed E-state index contributed by atoms with van der Waals surface area (Å²) >= 11 is 7.58. The molecule has 1 fully saturated rings. The van der Waals surface area contributed by atoms with E-state index in [-0.39, 0.29) is 5.91 Å². The maximum absolute atomic E-state index is 11.7. The maximum atomic E-state index is 11.7. The second-order valence-electron chi connectivity index (χ2n) is 4.34. The number of thioether (sulfide) groups is 1. The molecule has 0 N–H and O–H groups in total. The van der Waals surface area contributed by atoms with Crippen LogP contribution in [0.4, 0.5) is 0 Å². The Kier molecular flexibility index (Phi) is 4.72. The quantitative estimate of drug-likeness (QED) is 0.608. The van der Waals surface area contributed by atoms with Gasteiger partial charge in [0.05, 0.1) is 0 Å². The van der Waals surface area contributed by atoms with E-state index in [0.29, 0.717) is 12.3 Å². The highest BCUT2D eigenvalue weighted by Crippen LogP contribution is 2.22. The van der Waals surface area contributed by atoms with Crippen molar-refractivity contribution in [2.24, 2.45) is 5.92 Å². The number of nitrogens with zero attached hydrogens (tertiary/aromatic N) is 1. The van der Waals surface area contributed by atoms with Crippen LogP contribution in [0.1, 0.15) is 6.42 Å². The normalized spacial score (nSPS) is 19.3. The zero-order valence-corrected chi connectivity index (χ0v) is 11.7. The third-order valence-corrected chi connectivity index (χ3v) is 4.27. The smallest absolute Gasteiger partial charge is 0.223 e. The lowest BCUT2D eigenvalue weighted by molar-refractivity contribution is -0.127. The Morgan fingerprint density at radius 2 is 2.17 bits per heavy atom. The number of likely N-dealkylation sites (tertiary alicyclic amines) is 1. The molecule has 1 unspecified atom stereocenters. The largest absolute Gasteiger partial charge is 0.341 e. The minimum atomic E-state index is 0.247. The molecule has 0 spiro atoms. The molecule has 0 aliphatic carbocycles. The fourth-order valence-electron chi connectivity index (χ4n) is 1.98. The van der Waals surface area contributed by atoms with Crippen LogP contribution in [0, 0.1) is 5.92 Å². The summed E-state index contributed by atoms with van der Waals surface area (Å²) in [5, 5.41) is 0.753. The van der Waals surface area contributed by atoms with E-state index in [9.17, 15) is 4.79 Å². The van der Waals surface area contributed by atoms with Crippen LogP contribution in [-0.2, 0) is 4.79 Å². The van der Waals surface area contributed by atoms with Gasteiger partial charge in [-0.05, 0) is 24.3 Å². The molecule has 1 heterocycles. The number of carbonyl (C=O) groups is 1. The van der Waals surface area contributed by atoms with Gasteiger partial charge in [-0.25, -0.2) is 0 Å². The second-order valence-corrected chi connectivity index (χ2v) is 5.95. The van der Waals surface area contributed by atoms with Crippen LogP contribution >= 0.6 is 23.4 Å². The molecule has 0 radical (unpaired) electrons. The van der Waals surface area contributed by atoms with E-state index < -0.39 is 0 Å². The second kappa shape index (κ2) is 6.30. The molecule has 1 aliphatic heterocycles. The van der Waals surface area contributed by atoms with Gasteiger partial charge >= 0.3 is 0 Å². The third kappa shape index (κ3) is 3.53. The van der Waals surface area contributed by atoms with E-state index in [2.05, 4.69) is 6.58 Å². The number of halogens is 1. The van der Waals surface area contributed by atoms with Gasteiger partial charge in [0, 0.05) is 41.1 Å². The first kappa shape index (κ1) is 13.5. The highest BCUT2D eigenvalue weighted by molar-refractivity contribution is 7.99. The van der Waals surface area contributed by atoms with E-state index in [1.54, 1.807) is 11.8 Å². The number of benzene rings is 1. The third-order valence-electron chi connectivity index (χ3n) is 3.02. The highest BCUT2D eigenvalue weighted by Gasteiger charge is 2.26. The molecular weight excluding hydrogens is 266 g/mol. The number of carbonyl (C=O) groups excluding carboxylic acids is 1. The first-order valence-electron chi connectivity index (χ1n) is 5.97. The van der Waals surface area contributed by atoms with Crippen LogP contribution < -0.4 is 0 Å². The minimum Gasteiger partial charge on any atom is -0.341 e. The van der Waals surface area contributed by atoms with Crippen molar-refractivity contribution in [2.75, 3.05) is 18.8 Å². The standard InChI is InChI=1S/C14H16ClNOS/c1-2-11-9-14(17)16(10-11)7-8-18-13-5-3-12(15)4-6-13/h2-6,11H,1,7-10H2. The molecule has 1 aromatic carbocycles. The van der Waals surface area contributed by atoms with Gasteiger partial charge in [-0.3, -0.25) is 4.79 Å². The van der Waals surface area contributed by atoms with Crippen LogP contribution in [0.5, 0.6) is 0 Å². The molecule has 0 saturated carbocycles. The number of hydrogen-bond donors (Lipinski definition) is 0. The molecule has 2 rings (SSSR count). The van der Waals surface area contributed by atoms with Gasteiger partial charge in [0.15, 0.2) is 0 Å². The molecule has 1 amide bonds. The summed E-state index contributed by atoms with van der Waals surface area (Å²) in [7, 11) is 0. The molecule has 2 nitrogen and oxygen atoms in total. The Labute approximate surface area is 117 Å². The van der Waals surface area contributed by atoms with Crippen LogP contribution in [0.15, 0.2) is 41.8 Å². The number of hydrogen-bond acceptors (Lipinski definition) is 2. The molecule has 18 heavy (non-hydrogen) atoms. The average molecular weight is 282 g/mol. The summed E-state index contributed by atoms with van der Waals surface area (Å²) in [6, 6.07) is 7.79. The van der Waals surface area contributed by atoms with Gasteiger partial charge in [-0.2, -0.15) is 0 Å². The zero-order chi connectivity index (χ0) is 13.0. The molecule has 1 aliphatic rings. The molecule has 0 bridgehead atoms. The van der Waals surface area contributed by atoms with Crippen molar-refractivity contribution in [1.82, 2.24) is 4.90 Å². The van der Waals surface area contributed by atoms with Gasteiger partial charge in [0.1, 0.15) is 0 Å². The summed E-state index contributed by atoms with van der Waals surface area (Å²) in [4.78, 5) is 14.8. The van der Waals surface area contributed by atoms with Crippen LogP contribution in [0.25, 0.3) is 0 Å².